The zero-order chi connectivity index (χ0) is 9.10. The number of nitrogens with one attached hydrogen (secondary N) is 1. The van der Waals surface area contributed by atoms with Crippen molar-refractivity contribution in [3.63, 3.8) is 0 Å². The van der Waals surface area contributed by atoms with Gasteiger partial charge in [-0.3, -0.25) is 9.97 Å². The number of hydrogen-bond donors (Lipinski definition) is 1. The maximum absolute atomic E-state index is 4.25. The lowest BCUT2D eigenvalue weighted by molar-refractivity contribution is 0.536. The van der Waals surface area contributed by atoms with Crippen molar-refractivity contribution in [1.82, 2.24) is 15.3 Å². The standard InChI is InChI=1S/C10H15N3/c1-8(13-6-9-2-3-9)10-7-11-4-5-12-10/h4-5,7-9,13H,2-3,6H2,1H3. The third-order valence-electron chi connectivity index (χ3n) is 2.44. The lowest BCUT2D eigenvalue weighted by Crippen LogP contribution is -2.21. The molecule has 0 radical (unpaired) electrons. The predicted molar refractivity (Wildman–Crippen MR) is 51.2 cm³/mol. The van der Waals surface area contributed by atoms with Crippen LogP contribution in [0.5, 0.6) is 0 Å². The van der Waals surface area contributed by atoms with Gasteiger partial charge in [-0.25, -0.2) is 0 Å². The molecule has 70 valence electrons. The van der Waals surface area contributed by atoms with Crippen LogP contribution in [-0.4, -0.2) is 16.5 Å². The Balaban J connectivity index is 1.85. The van der Waals surface area contributed by atoms with E-state index in [9.17, 15) is 0 Å². The Morgan fingerprint density at radius 3 is 3.00 bits per heavy atom. The zero-order valence-corrected chi connectivity index (χ0v) is 7.90. The number of rotatable bonds is 4. The average molecular weight is 177 g/mol. The Hall–Kier alpha value is -0.960. The van der Waals surface area contributed by atoms with E-state index >= 15 is 0 Å². The van der Waals surface area contributed by atoms with Gasteiger partial charge in [-0.2, -0.15) is 0 Å². The van der Waals surface area contributed by atoms with Crippen LogP contribution >= 0.6 is 0 Å². The Morgan fingerprint density at radius 2 is 2.38 bits per heavy atom. The van der Waals surface area contributed by atoms with Crippen LogP contribution in [0.2, 0.25) is 0 Å². The molecule has 3 nitrogen and oxygen atoms in total. The summed E-state index contributed by atoms with van der Waals surface area (Å²) in [5.41, 5.74) is 1.03. The highest BCUT2D eigenvalue weighted by Gasteiger charge is 2.21. The highest BCUT2D eigenvalue weighted by atomic mass is 14.9. The van der Waals surface area contributed by atoms with E-state index in [4.69, 9.17) is 0 Å². The van der Waals surface area contributed by atoms with Crippen LogP contribution in [0.4, 0.5) is 0 Å². The minimum Gasteiger partial charge on any atom is -0.309 e. The Morgan fingerprint density at radius 1 is 1.54 bits per heavy atom. The minimum absolute atomic E-state index is 0.328. The molecule has 1 unspecified atom stereocenters. The smallest absolute Gasteiger partial charge is 0.0753 e. The van der Waals surface area contributed by atoms with Crippen molar-refractivity contribution in [2.75, 3.05) is 6.54 Å². The van der Waals surface area contributed by atoms with Gasteiger partial charge in [0.25, 0.3) is 0 Å². The molecular weight excluding hydrogens is 162 g/mol. The molecule has 1 saturated carbocycles. The van der Waals surface area contributed by atoms with E-state index in [1.807, 2.05) is 6.20 Å². The normalized spacial score (nSPS) is 18.5. The monoisotopic (exact) mass is 177 g/mol. The third kappa shape index (κ3) is 2.49. The molecule has 2 rings (SSSR count). The predicted octanol–water partition coefficient (Wildman–Crippen LogP) is 1.54. The van der Waals surface area contributed by atoms with Gasteiger partial charge in [0.2, 0.25) is 0 Å². The second kappa shape index (κ2) is 3.83. The fourth-order valence-electron chi connectivity index (χ4n) is 1.30. The topological polar surface area (TPSA) is 37.8 Å². The van der Waals surface area contributed by atoms with Gasteiger partial charge in [0.05, 0.1) is 5.69 Å². The summed E-state index contributed by atoms with van der Waals surface area (Å²) >= 11 is 0. The van der Waals surface area contributed by atoms with Crippen molar-refractivity contribution in [2.24, 2.45) is 5.92 Å². The van der Waals surface area contributed by atoms with E-state index in [-0.39, 0.29) is 0 Å². The van der Waals surface area contributed by atoms with Crippen molar-refractivity contribution >= 4 is 0 Å². The molecule has 0 aromatic carbocycles. The zero-order valence-electron chi connectivity index (χ0n) is 7.90. The van der Waals surface area contributed by atoms with Crippen molar-refractivity contribution in [3.05, 3.63) is 24.3 Å². The molecule has 1 aliphatic carbocycles. The summed E-state index contributed by atoms with van der Waals surface area (Å²) in [6.45, 7) is 3.25. The molecule has 0 amide bonds. The maximum Gasteiger partial charge on any atom is 0.0753 e. The summed E-state index contributed by atoms with van der Waals surface area (Å²) in [6.07, 6.45) is 8.05. The van der Waals surface area contributed by atoms with Crippen LogP contribution in [0, 0.1) is 5.92 Å². The van der Waals surface area contributed by atoms with Gasteiger partial charge in [-0.1, -0.05) is 0 Å². The van der Waals surface area contributed by atoms with E-state index in [0.29, 0.717) is 6.04 Å². The van der Waals surface area contributed by atoms with Gasteiger partial charge >= 0.3 is 0 Å². The van der Waals surface area contributed by atoms with Crippen LogP contribution in [0.1, 0.15) is 31.5 Å². The third-order valence-corrected chi connectivity index (χ3v) is 2.44. The van der Waals surface area contributed by atoms with E-state index in [0.717, 1.165) is 18.2 Å². The van der Waals surface area contributed by atoms with E-state index in [1.54, 1.807) is 12.4 Å². The second-order valence-electron chi connectivity index (χ2n) is 3.70. The largest absolute Gasteiger partial charge is 0.309 e. The summed E-state index contributed by atoms with van der Waals surface area (Å²) in [5, 5.41) is 3.46. The Bertz CT molecular complexity index is 256. The van der Waals surface area contributed by atoms with Gasteiger partial charge in [0, 0.05) is 24.6 Å². The van der Waals surface area contributed by atoms with Crippen LogP contribution in [0.3, 0.4) is 0 Å². The molecule has 0 saturated heterocycles. The summed E-state index contributed by atoms with van der Waals surface area (Å²) in [4.78, 5) is 8.30. The molecule has 1 fully saturated rings. The van der Waals surface area contributed by atoms with Gasteiger partial charge < -0.3 is 5.32 Å². The summed E-state index contributed by atoms with van der Waals surface area (Å²) in [6, 6.07) is 0.328. The maximum atomic E-state index is 4.25. The first-order valence-electron chi connectivity index (χ1n) is 4.85. The van der Waals surface area contributed by atoms with Crippen LogP contribution in [0.25, 0.3) is 0 Å². The van der Waals surface area contributed by atoms with E-state index in [2.05, 4.69) is 22.2 Å². The first-order chi connectivity index (χ1) is 6.36. The molecule has 1 heterocycles. The lowest BCUT2D eigenvalue weighted by atomic mass is 10.2. The molecule has 1 aromatic heterocycles. The molecule has 1 aliphatic rings. The molecular formula is C10H15N3. The summed E-state index contributed by atoms with van der Waals surface area (Å²) < 4.78 is 0. The SMILES string of the molecule is CC(NCC1CC1)c1cnccn1. The highest BCUT2D eigenvalue weighted by Crippen LogP contribution is 2.28. The van der Waals surface area contributed by atoms with E-state index in [1.165, 1.54) is 12.8 Å². The van der Waals surface area contributed by atoms with Crippen molar-refractivity contribution in [3.8, 4) is 0 Å². The van der Waals surface area contributed by atoms with Crippen molar-refractivity contribution in [1.29, 1.82) is 0 Å². The molecule has 0 bridgehead atoms. The number of nitrogens with zero attached hydrogens (tertiary/aromatic N) is 2. The van der Waals surface area contributed by atoms with Crippen molar-refractivity contribution in [2.45, 2.75) is 25.8 Å². The molecule has 3 heteroatoms. The summed E-state index contributed by atoms with van der Waals surface area (Å²) in [5.74, 6) is 0.916. The van der Waals surface area contributed by atoms with Crippen LogP contribution in [0.15, 0.2) is 18.6 Å². The molecule has 0 aliphatic heterocycles. The second-order valence-corrected chi connectivity index (χ2v) is 3.70. The number of aromatic nitrogens is 2. The molecule has 13 heavy (non-hydrogen) atoms. The van der Waals surface area contributed by atoms with Gasteiger partial charge in [0.1, 0.15) is 0 Å². The highest BCUT2D eigenvalue weighted by molar-refractivity contribution is 5.00. The minimum atomic E-state index is 0.328. The fourth-order valence-corrected chi connectivity index (χ4v) is 1.30. The quantitative estimate of drug-likeness (QED) is 0.758. The van der Waals surface area contributed by atoms with Gasteiger partial charge in [-0.15, -0.1) is 0 Å². The number of hydrogen-bond acceptors (Lipinski definition) is 3. The average Bonchev–Trinajstić information content (AvgIpc) is 2.99. The van der Waals surface area contributed by atoms with Crippen LogP contribution in [-0.2, 0) is 0 Å². The first-order valence-corrected chi connectivity index (χ1v) is 4.85. The molecule has 0 spiro atoms. The summed E-state index contributed by atoms with van der Waals surface area (Å²) in [7, 11) is 0. The lowest BCUT2D eigenvalue weighted by Gasteiger charge is -2.11. The molecule has 1 N–H and O–H groups in total. The molecule has 1 atom stereocenters. The Labute approximate surface area is 78.6 Å². The Kier molecular flexibility index (Phi) is 2.54. The fraction of sp³-hybridized carbons (Fsp3) is 0.600. The van der Waals surface area contributed by atoms with E-state index < -0.39 is 0 Å². The van der Waals surface area contributed by atoms with Crippen LogP contribution < -0.4 is 5.32 Å². The van der Waals surface area contributed by atoms with Gasteiger partial charge in [-0.05, 0) is 32.2 Å². The molecule has 1 aromatic rings. The van der Waals surface area contributed by atoms with Gasteiger partial charge in [0.15, 0.2) is 0 Å². The first kappa shape index (κ1) is 8.63. The van der Waals surface area contributed by atoms with Crippen molar-refractivity contribution < 1.29 is 0 Å².